The van der Waals surface area contributed by atoms with E-state index in [1.54, 1.807) is 11.0 Å². The predicted octanol–water partition coefficient (Wildman–Crippen LogP) is 3.06. The number of amides is 1. The Morgan fingerprint density at radius 3 is 2.70 bits per heavy atom. The van der Waals surface area contributed by atoms with E-state index in [4.69, 9.17) is 0 Å². The van der Waals surface area contributed by atoms with Crippen molar-refractivity contribution in [3.05, 3.63) is 84.1 Å². The minimum Gasteiger partial charge on any atom is -0.361 e. The normalized spacial score (nSPS) is 11.0. The lowest BCUT2D eigenvalue weighted by atomic mass is 10.1. The zero-order chi connectivity index (χ0) is 18.5. The SMILES string of the molecule is O=C(CCc1c[nH]c2ccccc12)NCc1ccc(Cn2cncn2)cc1. The molecule has 2 N–H and O–H groups in total. The van der Waals surface area contributed by atoms with E-state index in [9.17, 15) is 4.79 Å². The van der Waals surface area contributed by atoms with Crippen molar-refractivity contribution in [2.45, 2.75) is 25.9 Å². The molecule has 0 aliphatic heterocycles. The van der Waals surface area contributed by atoms with Gasteiger partial charge in [-0.25, -0.2) is 9.67 Å². The van der Waals surface area contributed by atoms with Crippen LogP contribution in [0.1, 0.15) is 23.1 Å². The summed E-state index contributed by atoms with van der Waals surface area (Å²) < 4.78 is 1.78. The lowest BCUT2D eigenvalue weighted by Crippen LogP contribution is -2.22. The second-order valence-corrected chi connectivity index (χ2v) is 6.55. The summed E-state index contributed by atoms with van der Waals surface area (Å²) in [5.74, 6) is 0.0620. The fourth-order valence-electron chi connectivity index (χ4n) is 3.14. The van der Waals surface area contributed by atoms with Gasteiger partial charge >= 0.3 is 0 Å². The van der Waals surface area contributed by atoms with E-state index in [0.29, 0.717) is 19.5 Å². The first kappa shape index (κ1) is 17.0. The summed E-state index contributed by atoms with van der Waals surface area (Å²) in [6, 6.07) is 16.3. The highest BCUT2D eigenvalue weighted by molar-refractivity contribution is 5.84. The third-order valence-corrected chi connectivity index (χ3v) is 4.62. The van der Waals surface area contributed by atoms with E-state index in [1.807, 2.05) is 36.5 Å². The minimum atomic E-state index is 0.0620. The average Bonchev–Trinajstić information content (AvgIpc) is 3.35. The van der Waals surface area contributed by atoms with Crippen LogP contribution in [0.4, 0.5) is 0 Å². The predicted molar refractivity (Wildman–Crippen MR) is 104 cm³/mol. The molecule has 0 aliphatic carbocycles. The fraction of sp³-hybridized carbons (Fsp3) is 0.190. The largest absolute Gasteiger partial charge is 0.361 e. The lowest BCUT2D eigenvalue weighted by molar-refractivity contribution is -0.121. The van der Waals surface area contributed by atoms with E-state index in [1.165, 1.54) is 17.3 Å². The number of hydrogen-bond donors (Lipinski definition) is 2. The monoisotopic (exact) mass is 359 g/mol. The highest BCUT2D eigenvalue weighted by Crippen LogP contribution is 2.18. The number of hydrogen-bond acceptors (Lipinski definition) is 3. The average molecular weight is 359 g/mol. The maximum absolute atomic E-state index is 12.2. The van der Waals surface area contributed by atoms with Crippen LogP contribution in [0.5, 0.6) is 0 Å². The number of rotatable bonds is 7. The van der Waals surface area contributed by atoms with Gasteiger partial charge in [0.05, 0.1) is 6.54 Å². The summed E-state index contributed by atoms with van der Waals surface area (Å²) in [6.45, 7) is 1.23. The number of carbonyl (C=O) groups is 1. The Labute approximate surface area is 157 Å². The topological polar surface area (TPSA) is 75.6 Å². The standard InChI is InChI=1S/C21H21N5O/c27-21(10-9-18-12-23-20-4-2-1-3-19(18)20)24-11-16-5-7-17(8-6-16)13-26-15-22-14-25-26/h1-8,12,14-15,23H,9-11,13H2,(H,24,27). The van der Waals surface area contributed by atoms with Crippen LogP contribution in [0.15, 0.2) is 67.4 Å². The van der Waals surface area contributed by atoms with Crippen LogP contribution in [0.2, 0.25) is 0 Å². The smallest absolute Gasteiger partial charge is 0.220 e. The van der Waals surface area contributed by atoms with Crippen LogP contribution in [0.3, 0.4) is 0 Å². The molecule has 1 amide bonds. The molecular formula is C21H21N5O. The zero-order valence-electron chi connectivity index (χ0n) is 14.9. The van der Waals surface area contributed by atoms with Crippen molar-refractivity contribution in [1.82, 2.24) is 25.1 Å². The molecule has 2 aromatic heterocycles. The number of H-pyrrole nitrogens is 1. The van der Waals surface area contributed by atoms with Crippen LogP contribution >= 0.6 is 0 Å². The number of carbonyl (C=O) groups excluding carboxylic acids is 1. The lowest BCUT2D eigenvalue weighted by Gasteiger charge is -2.07. The molecule has 0 aliphatic rings. The molecule has 4 aromatic rings. The molecular weight excluding hydrogens is 338 g/mol. The molecule has 2 heterocycles. The van der Waals surface area contributed by atoms with Crippen molar-refractivity contribution in [1.29, 1.82) is 0 Å². The van der Waals surface area contributed by atoms with Gasteiger partial charge in [0.25, 0.3) is 0 Å². The van der Waals surface area contributed by atoms with Gasteiger partial charge in [0.2, 0.25) is 5.91 Å². The maximum Gasteiger partial charge on any atom is 0.220 e. The van der Waals surface area contributed by atoms with E-state index in [2.05, 4.69) is 38.6 Å². The molecule has 0 saturated heterocycles. The summed E-state index contributed by atoms with van der Waals surface area (Å²) in [6.07, 6.45) is 6.42. The number of aromatic nitrogens is 4. The molecule has 0 bridgehead atoms. The molecule has 27 heavy (non-hydrogen) atoms. The number of nitrogens with zero attached hydrogens (tertiary/aromatic N) is 3. The van der Waals surface area contributed by atoms with Crippen LogP contribution in [0.25, 0.3) is 10.9 Å². The Balaban J connectivity index is 1.26. The van der Waals surface area contributed by atoms with Crippen LogP contribution in [-0.2, 0) is 24.3 Å². The molecule has 0 radical (unpaired) electrons. The van der Waals surface area contributed by atoms with Crippen LogP contribution in [-0.4, -0.2) is 25.7 Å². The maximum atomic E-state index is 12.2. The summed E-state index contributed by atoms with van der Waals surface area (Å²) in [5.41, 5.74) is 4.52. The van der Waals surface area contributed by atoms with Gasteiger partial charge in [-0.3, -0.25) is 4.79 Å². The number of benzene rings is 2. The number of fused-ring (bicyclic) bond motifs is 1. The first-order valence-electron chi connectivity index (χ1n) is 9.00. The molecule has 4 rings (SSSR count). The van der Waals surface area contributed by atoms with Gasteiger partial charge in [-0.2, -0.15) is 5.10 Å². The minimum absolute atomic E-state index is 0.0620. The van der Waals surface area contributed by atoms with Crippen LogP contribution < -0.4 is 5.32 Å². The van der Waals surface area contributed by atoms with Crippen molar-refractivity contribution in [3.63, 3.8) is 0 Å². The quantitative estimate of drug-likeness (QED) is 0.532. The molecule has 0 atom stereocenters. The molecule has 136 valence electrons. The fourth-order valence-corrected chi connectivity index (χ4v) is 3.14. The van der Waals surface area contributed by atoms with Crippen LogP contribution in [0, 0.1) is 0 Å². The van der Waals surface area contributed by atoms with Gasteiger partial charge in [-0.15, -0.1) is 0 Å². The van der Waals surface area contributed by atoms with Crippen molar-refractivity contribution in [3.8, 4) is 0 Å². The molecule has 0 fully saturated rings. The second-order valence-electron chi connectivity index (χ2n) is 6.55. The van der Waals surface area contributed by atoms with Gasteiger partial charge in [0, 0.05) is 30.1 Å². The van der Waals surface area contributed by atoms with E-state index < -0.39 is 0 Å². The zero-order valence-corrected chi connectivity index (χ0v) is 14.9. The number of para-hydroxylation sites is 1. The molecule has 2 aromatic carbocycles. The molecule has 0 spiro atoms. The highest BCUT2D eigenvalue weighted by Gasteiger charge is 2.07. The molecule has 6 heteroatoms. The van der Waals surface area contributed by atoms with E-state index in [-0.39, 0.29) is 5.91 Å². The number of aryl methyl sites for hydroxylation is 1. The Bertz CT molecular complexity index is 1020. The first-order chi connectivity index (χ1) is 13.3. The van der Waals surface area contributed by atoms with Crippen molar-refractivity contribution >= 4 is 16.8 Å². The van der Waals surface area contributed by atoms with Crippen molar-refractivity contribution in [2.24, 2.45) is 0 Å². The third-order valence-electron chi connectivity index (χ3n) is 4.62. The number of aromatic amines is 1. The molecule has 0 saturated carbocycles. The van der Waals surface area contributed by atoms with Crippen molar-refractivity contribution in [2.75, 3.05) is 0 Å². The summed E-state index contributed by atoms with van der Waals surface area (Å²) in [7, 11) is 0. The molecule has 6 nitrogen and oxygen atoms in total. The van der Waals surface area contributed by atoms with Gasteiger partial charge in [0.15, 0.2) is 0 Å². The van der Waals surface area contributed by atoms with E-state index in [0.717, 1.165) is 23.1 Å². The highest BCUT2D eigenvalue weighted by atomic mass is 16.1. The Morgan fingerprint density at radius 1 is 1.07 bits per heavy atom. The van der Waals surface area contributed by atoms with Gasteiger partial charge in [0.1, 0.15) is 12.7 Å². The summed E-state index contributed by atoms with van der Waals surface area (Å²) >= 11 is 0. The van der Waals surface area contributed by atoms with Gasteiger partial charge < -0.3 is 10.3 Å². The Kier molecular flexibility index (Phi) is 4.96. The second kappa shape index (κ2) is 7.86. The van der Waals surface area contributed by atoms with Gasteiger partial charge in [-0.05, 0) is 29.2 Å². The van der Waals surface area contributed by atoms with Gasteiger partial charge in [-0.1, -0.05) is 42.5 Å². The Morgan fingerprint density at radius 2 is 1.89 bits per heavy atom. The summed E-state index contributed by atoms with van der Waals surface area (Å²) in [5, 5.41) is 8.29. The van der Waals surface area contributed by atoms with E-state index >= 15 is 0 Å². The third kappa shape index (κ3) is 4.23. The Hall–Kier alpha value is -3.41. The molecule has 0 unspecified atom stereocenters. The van der Waals surface area contributed by atoms with Crippen molar-refractivity contribution < 1.29 is 4.79 Å². The first-order valence-corrected chi connectivity index (χ1v) is 9.00. The summed E-state index contributed by atoms with van der Waals surface area (Å²) in [4.78, 5) is 19.4. The number of nitrogens with one attached hydrogen (secondary N) is 2.